The molecule has 0 aromatic carbocycles. The lowest BCUT2D eigenvalue weighted by Gasteiger charge is -2.58. The zero-order chi connectivity index (χ0) is 36.5. The van der Waals surface area contributed by atoms with Crippen molar-refractivity contribution in [2.45, 2.75) is 195 Å². The quantitative estimate of drug-likeness (QED) is 0.0750. The van der Waals surface area contributed by atoms with Crippen LogP contribution in [0.5, 0.6) is 0 Å². The average Bonchev–Trinajstić information content (AvgIpc) is 3.41. The number of carbonyl (C=O) groups is 2. The predicted molar refractivity (Wildman–Crippen MR) is 208 cm³/mol. The number of fused-ring (bicyclic) bond motifs is 5. The molecule has 0 spiro atoms. The summed E-state index contributed by atoms with van der Waals surface area (Å²) in [5, 5.41) is 0. The molecule has 288 valence electrons. The first-order valence-electron chi connectivity index (χ1n) is 21.4. The summed E-state index contributed by atoms with van der Waals surface area (Å²) in [7, 11) is 0. The van der Waals surface area contributed by atoms with Gasteiger partial charge in [0.25, 0.3) is 0 Å². The molecule has 0 radical (unpaired) electrons. The molecular formula is C44H79N3O3. The van der Waals surface area contributed by atoms with Gasteiger partial charge in [0.15, 0.2) is 0 Å². The molecule has 3 saturated carbocycles. The van der Waals surface area contributed by atoms with Gasteiger partial charge in [-0.3, -0.25) is 9.59 Å². The van der Waals surface area contributed by atoms with E-state index in [0.29, 0.717) is 12.0 Å². The summed E-state index contributed by atoms with van der Waals surface area (Å²) in [5.41, 5.74) is 14.2. The lowest BCUT2D eigenvalue weighted by atomic mass is 9.47. The van der Waals surface area contributed by atoms with Crippen LogP contribution in [0.15, 0.2) is 11.6 Å². The molecule has 0 saturated heterocycles. The third kappa shape index (κ3) is 10.8. The Labute approximate surface area is 308 Å². The number of hydrogen-bond acceptors (Lipinski definition) is 5. The molecule has 0 heterocycles. The fourth-order valence-corrected chi connectivity index (χ4v) is 11.4. The van der Waals surface area contributed by atoms with E-state index in [1.54, 1.807) is 5.57 Å². The van der Waals surface area contributed by atoms with E-state index in [9.17, 15) is 9.59 Å². The van der Waals surface area contributed by atoms with Gasteiger partial charge in [0.2, 0.25) is 5.91 Å². The predicted octanol–water partition coefficient (Wildman–Crippen LogP) is 9.97. The van der Waals surface area contributed by atoms with Crippen LogP contribution in [0.1, 0.15) is 177 Å². The topological polar surface area (TPSA) is 98.7 Å². The van der Waals surface area contributed by atoms with Crippen LogP contribution in [0.25, 0.3) is 0 Å². The molecule has 10 atom stereocenters. The first-order chi connectivity index (χ1) is 23.7. The zero-order valence-corrected chi connectivity index (χ0v) is 33.7. The average molecular weight is 698 g/mol. The minimum Gasteiger partial charge on any atom is -0.462 e. The molecule has 0 bridgehead atoms. The SMILES string of the molecule is CC(C)CCCC(C)C1CCC2C3CC=C4CC(OC(=O)CCC(=O)N(CCCCCCCC(C)N)CCC(C)N)CCC4(C)C3CCC12C. The summed E-state index contributed by atoms with van der Waals surface area (Å²) in [6.45, 7) is 18.0. The zero-order valence-electron chi connectivity index (χ0n) is 33.7. The number of amides is 1. The maximum absolute atomic E-state index is 13.2. The number of hydrogen-bond donors (Lipinski definition) is 2. The van der Waals surface area contributed by atoms with Gasteiger partial charge >= 0.3 is 5.97 Å². The number of ether oxygens (including phenoxy) is 1. The summed E-state index contributed by atoms with van der Waals surface area (Å²) in [4.78, 5) is 28.3. The molecule has 50 heavy (non-hydrogen) atoms. The first kappa shape index (κ1) is 41.4. The molecule has 4 rings (SSSR count). The number of rotatable bonds is 20. The van der Waals surface area contributed by atoms with Crippen LogP contribution in [0.4, 0.5) is 0 Å². The van der Waals surface area contributed by atoms with Crippen LogP contribution in [0.2, 0.25) is 0 Å². The number of allylic oxidation sites excluding steroid dienone is 1. The molecule has 4 aliphatic rings. The van der Waals surface area contributed by atoms with Gasteiger partial charge in [0.1, 0.15) is 6.10 Å². The fourth-order valence-electron chi connectivity index (χ4n) is 11.4. The van der Waals surface area contributed by atoms with Crippen LogP contribution in [0.3, 0.4) is 0 Å². The highest BCUT2D eigenvalue weighted by Crippen LogP contribution is 2.67. The standard InChI is InChI=1S/C44H79N3O3/c1-31(2)14-13-15-32(3)38-19-20-39-37-18-17-35-30-36(23-26-43(35,6)40(37)24-27-44(38,39)7)50-42(49)22-21-41(48)47(29-25-34(5)46)28-12-10-8-9-11-16-33(4)45/h17,31-34,36-40H,8-16,18-30,45-46H2,1-7H3. The molecule has 6 nitrogen and oxygen atoms in total. The van der Waals surface area contributed by atoms with Crippen LogP contribution in [-0.4, -0.2) is 48.1 Å². The van der Waals surface area contributed by atoms with Crippen LogP contribution < -0.4 is 11.5 Å². The summed E-state index contributed by atoms with van der Waals surface area (Å²) in [6, 6.07) is 0.325. The van der Waals surface area contributed by atoms with E-state index in [1.165, 1.54) is 70.6 Å². The normalized spacial score (nSPS) is 32.4. The van der Waals surface area contributed by atoms with Gasteiger partial charge in [0.05, 0.1) is 6.42 Å². The monoisotopic (exact) mass is 698 g/mol. The fraction of sp³-hybridized carbons (Fsp3) is 0.909. The Hall–Kier alpha value is -1.40. The van der Waals surface area contributed by atoms with Crippen molar-refractivity contribution < 1.29 is 14.3 Å². The second-order valence-corrected chi connectivity index (χ2v) is 18.8. The van der Waals surface area contributed by atoms with Crippen LogP contribution in [0, 0.1) is 46.3 Å². The van der Waals surface area contributed by atoms with Crippen molar-refractivity contribution in [3.05, 3.63) is 11.6 Å². The second kappa shape index (κ2) is 19.1. The molecule has 0 aliphatic heterocycles. The Morgan fingerprint density at radius 3 is 2.24 bits per heavy atom. The summed E-state index contributed by atoms with van der Waals surface area (Å²) >= 11 is 0. The van der Waals surface area contributed by atoms with Gasteiger partial charge in [-0.2, -0.15) is 0 Å². The maximum Gasteiger partial charge on any atom is 0.306 e. The Kier molecular flexibility index (Phi) is 15.8. The van der Waals surface area contributed by atoms with Crippen LogP contribution in [-0.2, 0) is 14.3 Å². The number of unbranched alkanes of at least 4 members (excludes halogenated alkanes) is 4. The van der Waals surface area contributed by atoms with Crippen molar-refractivity contribution >= 4 is 11.9 Å². The first-order valence-corrected chi connectivity index (χ1v) is 21.4. The van der Waals surface area contributed by atoms with Crippen LogP contribution >= 0.6 is 0 Å². The minimum absolute atomic E-state index is 0.0520. The third-order valence-electron chi connectivity index (χ3n) is 14.4. The van der Waals surface area contributed by atoms with E-state index < -0.39 is 0 Å². The summed E-state index contributed by atoms with van der Waals surface area (Å²) in [5.74, 6) is 4.82. The lowest BCUT2D eigenvalue weighted by Crippen LogP contribution is -2.51. The number of nitrogens with two attached hydrogens (primary N) is 2. The van der Waals surface area contributed by atoms with Crippen molar-refractivity contribution in [3.63, 3.8) is 0 Å². The highest BCUT2D eigenvalue weighted by atomic mass is 16.5. The van der Waals surface area contributed by atoms with E-state index in [4.69, 9.17) is 16.2 Å². The maximum atomic E-state index is 13.2. The molecule has 4 N–H and O–H groups in total. The molecule has 3 fully saturated rings. The van der Waals surface area contributed by atoms with Crippen molar-refractivity contribution in [2.75, 3.05) is 13.1 Å². The number of nitrogens with zero attached hydrogens (tertiary/aromatic N) is 1. The van der Waals surface area contributed by atoms with Crippen molar-refractivity contribution in [1.29, 1.82) is 0 Å². The Morgan fingerprint density at radius 2 is 1.52 bits per heavy atom. The van der Waals surface area contributed by atoms with Gasteiger partial charge in [-0.05, 0) is 124 Å². The van der Waals surface area contributed by atoms with Gasteiger partial charge in [-0.25, -0.2) is 0 Å². The lowest BCUT2D eigenvalue weighted by molar-refractivity contribution is -0.153. The van der Waals surface area contributed by atoms with Gasteiger partial charge < -0.3 is 21.1 Å². The summed E-state index contributed by atoms with van der Waals surface area (Å²) < 4.78 is 6.10. The van der Waals surface area contributed by atoms with Crippen molar-refractivity contribution in [1.82, 2.24) is 4.90 Å². The summed E-state index contributed by atoms with van der Waals surface area (Å²) in [6.07, 6.45) is 24.3. The molecule has 1 amide bonds. The number of esters is 1. The van der Waals surface area contributed by atoms with Crippen molar-refractivity contribution in [3.8, 4) is 0 Å². The van der Waals surface area contributed by atoms with Gasteiger partial charge in [0, 0.05) is 38.0 Å². The molecule has 0 aromatic heterocycles. The molecule has 0 aromatic rings. The molecular weight excluding hydrogens is 619 g/mol. The van der Waals surface area contributed by atoms with E-state index >= 15 is 0 Å². The van der Waals surface area contributed by atoms with E-state index in [-0.39, 0.29) is 48.3 Å². The van der Waals surface area contributed by atoms with Crippen molar-refractivity contribution in [2.24, 2.45) is 57.8 Å². The molecule has 10 unspecified atom stereocenters. The highest BCUT2D eigenvalue weighted by Gasteiger charge is 2.59. The van der Waals surface area contributed by atoms with E-state index in [2.05, 4.69) is 47.6 Å². The van der Waals surface area contributed by atoms with Gasteiger partial charge in [-0.1, -0.05) is 91.2 Å². The third-order valence-corrected chi connectivity index (χ3v) is 14.4. The Bertz CT molecular complexity index is 1100. The Morgan fingerprint density at radius 1 is 0.800 bits per heavy atom. The Balaban J connectivity index is 1.25. The highest BCUT2D eigenvalue weighted by molar-refractivity contribution is 5.81. The number of carbonyl (C=O) groups excluding carboxylic acids is 2. The second-order valence-electron chi connectivity index (χ2n) is 18.8. The van der Waals surface area contributed by atoms with Gasteiger partial charge in [-0.15, -0.1) is 0 Å². The molecule has 4 aliphatic carbocycles. The van der Waals surface area contributed by atoms with E-state index in [0.717, 1.165) is 87.0 Å². The van der Waals surface area contributed by atoms with E-state index in [1.807, 2.05) is 11.8 Å². The minimum atomic E-state index is -0.213. The molecule has 6 heteroatoms. The largest absolute Gasteiger partial charge is 0.462 e. The smallest absolute Gasteiger partial charge is 0.306 e.